The first-order valence-electron chi connectivity index (χ1n) is 6.94. The van der Waals surface area contributed by atoms with Crippen LogP contribution in [0.4, 0.5) is 5.69 Å². The van der Waals surface area contributed by atoms with Gasteiger partial charge in [-0.2, -0.15) is 10.5 Å². The van der Waals surface area contributed by atoms with Gasteiger partial charge in [-0.3, -0.25) is 0 Å². The predicted octanol–water partition coefficient (Wildman–Crippen LogP) is 2.12. The molecule has 8 nitrogen and oxygen atoms in total. The van der Waals surface area contributed by atoms with Crippen LogP contribution in [0.2, 0.25) is 0 Å². The quantitative estimate of drug-likeness (QED) is 0.558. The Morgan fingerprint density at radius 2 is 2.25 bits per heavy atom. The SMILES string of the molecule is COC(=O)c1cccc2cc(NC=C(C#N)c3nn[nH]n3)ccc12. The monoisotopic (exact) mass is 320 g/mol. The van der Waals surface area contributed by atoms with E-state index in [-0.39, 0.29) is 17.4 Å². The summed E-state index contributed by atoms with van der Waals surface area (Å²) in [6, 6.07) is 12.9. The molecule has 1 aromatic heterocycles. The van der Waals surface area contributed by atoms with Gasteiger partial charge in [0.1, 0.15) is 11.6 Å². The highest BCUT2D eigenvalue weighted by Gasteiger charge is 2.10. The molecular weight excluding hydrogens is 308 g/mol. The van der Waals surface area contributed by atoms with Crippen LogP contribution < -0.4 is 5.32 Å². The van der Waals surface area contributed by atoms with Crippen LogP contribution in [0.25, 0.3) is 16.3 Å². The van der Waals surface area contributed by atoms with Gasteiger partial charge in [-0.25, -0.2) is 4.79 Å². The smallest absolute Gasteiger partial charge is 0.338 e. The molecule has 0 aliphatic rings. The van der Waals surface area contributed by atoms with E-state index in [2.05, 4.69) is 25.9 Å². The minimum atomic E-state index is -0.384. The fraction of sp³-hybridized carbons (Fsp3) is 0.0625. The van der Waals surface area contributed by atoms with E-state index in [9.17, 15) is 4.79 Å². The molecule has 24 heavy (non-hydrogen) atoms. The fourth-order valence-corrected chi connectivity index (χ4v) is 2.24. The number of carbonyl (C=O) groups excluding carboxylic acids is 1. The first kappa shape index (κ1) is 15.2. The number of aromatic nitrogens is 4. The Bertz CT molecular complexity index is 956. The highest BCUT2D eigenvalue weighted by atomic mass is 16.5. The zero-order valence-corrected chi connectivity index (χ0v) is 12.6. The van der Waals surface area contributed by atoms with E-state index in [1.54, 1.807) is 18.2 Å². The fourth-order valence-electron chi connectivity index (χ4n) is 2.24. The average molecular weight is 320 g/mol. The van der Waals surface area contributed by atoms with Gasteiger partial charge >= 0.3 is 5.97 Å². The topological polar surface area (TPSA) is 117 Å². The van der Waals surface area contributed by atoms with Crippen LogP contribution in [-0.4, -0.2) is 33.7 Å². The van der Waals surface area contributed by atoms with Gasteiger partial charge in [0.2, 0.25) is 5.82 Å². The van der Waals surface area contributed by atoms with Gasteiger partial charge in [-0.1, -0.05) is 18.2 Å². The summed E-state index contributed by atoms with van der Waals surface area (Å²) < 4.78 is 4.79. The van der Waals surface area contributed by atoms with Gasteiger partial charge in [-0.15, -0.1) is 10.2 Å². The normalized spacial score (nSPS) is 11.1. The zero-order chi connectivity index (χ0) is 16.9. The lowest BCUT2D eigenvalue weighted by molar-refractivity contribution is 0.0603. The summed E-state index contributed by atoms with van der Waals surface area (Å²) in [5.41, 5.74) is 1.49. The van der Waals surface area contributed by atoms with Gasteiger partial charge in [-0.05, 0) is 34.2 Å². The van der Waals surface area contributed by atoms with Gasteiger partial charge in [0.15, 0.2) is 0 Å². The van der Waals surface area contributed by atoms with Crippen LogP contribution in [0, 0.1) is 11.3 Å². The Morgan fingerprint density at radius 3 is 2.96 bits per heavy atom. The molecule has 3 aromatic rings. The Balaban J connectivity index is 1.92. The standard InChI is InChI=1S/C16H12N6O2/c1-24-16(23)14-4-2-3-10-7-12(5-6-13(10)14)18-9-11(8-17)15-19-21-22-20-15/h2-7,9,18H,1H3,(H,19,20,21,22). The summed E-state index contributed by atoms with van der Waals surface area (Å²) in [7, 11) is 1.35. The number of nitrogens with zero attached hydrogens (tertiary/aromatic N) is 4. The Kier molecular flexibility index (Phi) is 4.16. The highest BCUT2D eigenvalue weighted by molar-refractivity contribution is 6.05. The second-order valence-corrected chi connectivity index (χ2v) is 4.78. The number of carbonyl (C=O) groups is 1. The minimum Gasteiger partial charge on any atom is -0.465 e. The summed E-state index contributed by atoms with van der Waals surface area (Å²) in [4.78, 5) is 11.8. The van der Waals surface area contributed by atoms with E-state index in [0.29, 0.717) is 5.56 Å². The van der Waals surface area contributed by atoms with E-state index in [1.807, 2.05) is 24.3 Å². The maximum atomic E-state index is 11.8. The van der Waals surface area contributed by atoms with Crippen LogP contribution >= 0.6 is 0 Å². The maximum Gasteiger partial charge on any atom is 0.338 e. The minimum absolute atomic E-state index is 0.207. The molecular formula is C16H12N6O2. The number of rotatable bonds is 4. The number of fused-ring (bicyclic) bond motifs is 1. The Morgan fingerprint density at radius 1 is 1.38 bits per heavy atom. The average Bonchev–Trinajstić information content (AvgIpc) is 3.15. The summed E-state index contributed by atoms with van der Waals surface area (Å²) in [6.45, 7) is 0. The number of aromatic amines is 1. The van der Waals surface area contributed by atoms with Crippen LogP contribution in [0.1, 0.15) is 16.2 Å². The summed E-state index contributed by atoms with van der Waals surface area (Å²) >= 11 is 0. The molecule has 0 atom stereocenters. The summed E-state index contributed by atoms with van der Waals surface area (Å²) in [5, 5.41) is 27.1. The van der Waals surface area contributed by atoms with Crippen molar-refractivity contribution in [1.82, 2.24) is 20.6 Å². The second kappa shape index (κ2) is 6.58. The van der Waals surface area contributed by atoms with Gasteiger partial charge in [0.25, 0.3) is 0 Å². The lowest BCUT2D eigenvalue weighted by Gasteiger charge is -2.07. The van der Waals surface area contributed by atoms with Crippen molar-refractivity contribution < 1.29 is 9.53 Å². The van der Waals surface area contributed by atoms with Crippen molar-refractivity contribution >= 4 is 28.0 Å². The third-order valence-electron chi connectivity index (χ3n) is 3.38. The van der Waals surface area contributed by atoms with Crippen LogP contribution in [0.15, 0.2) is 42.6 Å². The molecule has 0 fully saturated rings. The summed E-state index contributed by atoms with van der Waals surface area (Å²) in [5.74, 6) is -0.177. The number of nitrogens with one attached hydrogen (secondary N) is 2. The number of hydrogen-bond donors (Lipinski definition) is 2. The number of hydrogen-bond acceptors (Lipinski definition) is 7. The number of H-pyrrole nitrogens is 1. The largest absolute Gasteiger partial charge is 0.465 e. The second-order valence-electron chi connectivity index (χ2n) is 4.78. The molecule has 0 unspecified atom stereocenters. The Labute approximate surface area is 136 Å². The number of nitriles is 1. The number of tetrazole rings is 1. The molecule has 0 amide bonds. The van der Waals surface area contributed by atoms with Crippen molar-refractivity contribution in [3.63, 3.8) is 0 Å². The number of benzene rings is 2. The first-order valence-corrected chi connectivity index (χ1v) is 6.94. The van der Waals surface area contributed by atoms with Crippen LogP contribution in [-0.2, 0) is 4.74 Å². The molecule has 0 spiro atoms. The third kappa shape index (κ3) is 2.91. The molecule has 0 aliphatic heterocycles. The first-order chi connectivity index (χ1) is 11.7. The van der Waals surface area contributed by atoms with Crippen molar-refractivity contribution in [3.05, 3.63) is 54.0 Å². The molecule has 0 aliphatic carbocycles. The number of anilines is 1. The van der Waals surface area contributed by atoms with Crippen LogP contribution in [0.3, 0.4) is 0 Å². The van der Waals surface area contributed by atoms with Crippen molar-refractivity contribution in [2.75, 3.05) is 12.4 Å². The maximum absolute atomic E-state index is 11.8. The predicted molar refractivity (Wildman–Crippen MR) is 86.7 cm³/mol. The van der Waals surface area contributed by atoms with Crippen molar-refractivity contribution in [3.8, 4) is 6.07 Å². The van der Waals surface area contributed by atoms with E-state index in [0.717, 1.165) is 16.5 Å². The van der Waals surface area contributed by atoms with Crippen LogP contribution in [0.5, 0.6) is 0 Å². The number of methoxy groups -OCH3 is 1. The molecule has 3 rings (SSSR count). The molecule has 0 bridgehead atoms. The highest BCUT2D eigenvalue weighted by Crippen LogP contribution is 2.23. The zero-order valence-electron chi connectivity index (χ0n) is 12.6. The number of ether oxygens (including phenoxy) is 1. The molecule has 0 saturated heterocycles. The Hall–Kier alpha value is -3.73. The molecule has 0 radical (unpaired) electrons. The van der Waals surface area contributed by atoms with Crippen molar-refractivity contribution in [2.45, 2.75) is 0 Å². The third-order valence-corrected chi connectivity index (χ3v) is 3.38. The number of allylic oxidation sites excluding steroid dienone is 1. The van der Waals surface area contributed by atoms with Crippen molar-refractivity contribution in [2.24, 2.45) is 0 Å². The lowest BCUT2D eigenvalue weighted by Crippen LogP contribution is -2.02. The molecule has 2 N–H and O–H groups in total. The lowest BCUT2D eigenvalue weighted by atomic mass is 10.0. The molecule has 1 heterocycles. The van der Waals surface area contributed by atoms with Gasteiger partial charge in [0.05, 0.1) is 12.7 Å². The molecule has 118 valence electrons. The van der Waals surface area contributed by atoms with Gasteiger partial charge in [0, 0.05) is 11.9 Å². The molecule has 0 saturated carbocycles. The van der Waals surface area contributed by atoms with Crippen molar-refractivity contribution in [1.29, 1.82) is 5.26 Å². The molecule has 8 heteroatoms. The summed E-state index contributed by atoms with van der Waals surface area (Å²) in [6.07, 6.45) is 1.50. The van der Waals surface area contributed by atoms with E-state index < -0.39 is 0 Å². The number of esters is 1. The van der Waals surface area contributed by atoms with E-state index in [1.165, 1.54) is 13.3 Å². The van der Waals surface area contributed by atoms with Gasteiger partial charge < -0.3 is 10.1 Å². The van der Waals surface area contributed by atoms with E-state index >= 15 is 0 Å². The van der Waals surface area contributed by atoms with E-state index in [4.69, 9.17) is 10.00 Å². The molecule has 2 aromatic carbocycles.